The summed E-state index contributed by atoms with van der Waals surface area (Å²) in [6.45, 7) is 0. The summed E-state index contributed by atoms with van der Waals surface area (Å²) in [4.78, 5) is 0. The van der Waals surface area contributed by atoms with Gasteiger partial charge in [0.25, 0.3) is 0 Å². The van der Waals surface area contributed by atoms with Crippen LogP contribution in [0.15, 0.2) is 39.6 Å². The fourth-order valence-corrected chi connectivity index (χ4v) is 2.36. The summed E-state index contributed by atoms with van der Waals surface area (Å²) in [6, 6.07) is 5.12. The fourth-order valence-electron chi connectivity index (χ4n) is 1.84. The minimum absolute atomic E-state index is 0.144. The number of hydrogen-bond donors (Lipinski definition) is 1. The van der Waals surface area contributed by atoms with E-state index < -0.39 is 11.6 Å². The standard InChI is InChI=1S/C13H12BrF2NO/c1-17-12(10-4-5-18-13(10)14)7-8-6-9(15)2-3-11(8)16/h2-6,12,17H,7H2,1H3. The third-order valence-electron chi connectivity index (χ3n) is 2.80. The zero-order valence-corrected chi connectivity index (χ0v) is 11.3. The molecule has 1 unspecified atom stereocenters. The van der Waals surface area contributed by atoms with Crippen molar-refractivity contribution in [3.63, 3.8) is 0 Å². The number of hydrogen-bond acceptors (Lipinski definition) is 2. The summed E-state index contributed by atoms with van der Waals surface area (Å²) >= 11 is 3.28. The maximum Gasteiger partial charge on any atom is 0.173 e. The van der Waals surface area contributed by atoms with Gasteiger partial charge in [0, 0.05) is 11.6 Å². The second-order valence-electron chi connectivity index (χ2n) is 3.93. The van der Waals surface area contributed by atoms with Crippen molar-refractivity contribution in [2.24, 2.45) is 0 Å². The Kier molecular flexibility index (Phi) is 4.14. The Morgan fingerprint density at radius 2 is 2.11 bits per heavy atom. The van der Waals surface area contributed by atoms with Gasteiger partial charge in [-0.2, -0.15) is 0 Å². The lowest BCUT2D eigenvalue weighted by molar-refractivity contribution is 0.510. The molecule has 0 bridgehead atoms. The third kappa shape index (κ3) is 2.79. The van der Waals surface area contributed by atoms with Gasteiger partial charge in [-0.15, -0.1) is 0 Å². The zero-order valence-electron chi connectivity index (χ0n) is 9.71. The van der Waals surface area contributed by atoms with Crippen LogP contribution in [0.4, 0.5) is 8.78 Å². The Balaban J connectivity index is 2.26. The summed E-state index contributed by atoms with van der Waals surface area (Å²) in [5, 5.41) is 3.06. The molecule has 0 amide bonds. The van der Waals surface area contributed by atoms with Gasteiger partial charge in [-0.1, -0.05) is 0 Å². The van der Waals surface area contributed by atoms with Gasteiger partial charge in [0.15, 0.2) is 4.67 Å². The van der Waals surface area contributed by atoms with E-state index in [1.165, 1.54) is 6.07 Å². The number of benzene rings is 1. The van der Waals surface area contributed by atoms with Crippen molar-refractivity contribution < 1.29 is 13.2 Å². The van der Waals surface area contributed by atoms with E-state index in [9.17, 15) is 8.78 Å². The molecule has 2 aromatic rings. The molecule has 2 rings (SSSR count). The van der Waals surface area contributed by atoms with Crippen LogP contribution in [0.25, 0.3) is 0 Å². The average molecular weight is 316 g/mol. The second-order valence-corrected chi connectivity index (χ2v) is 4.65. The highest BCUT2D eigenvalue weighted by atomic mass is 79.9. The fraction of sp³-hybridized carbons (Fsp3) is 0.231. The van der Waals surface area contributed by atoms with E-state index in [-0.39, 0.29) is 6.04 Å². The molecule has 0 saturated heterocycles. The van der Waals surface area contributed by atoms with Gasteiger partial charge in [-0.05, 0) is 59.2 Å². The molecule has 0 aliphatic rings. The predicted molar refractivity (Wildman–Crippen MR) is 68.3 cm³/mol. The van der Waals surface area contributed by atoms with Gasteiger partial charge < -0.3 is 9.73 Å². The Bertz CT molecular complexity index is 542. The third-order valence-corrected chi connectivity index (χ3v) is 3.45. The molecule has 0 spiro atoms. The van der Waals surface area contributed by atoms with Gasteiger partial charge >= 0.3 is 0 Å². The summed E-state index contributed by atoms with van der Waals surface area (Å²) in [6.07, 6.45) is 1.89. The van der Waals surface area contributed by atoms with Crippen molar-refractivity contribution in [2.45, 2.75) is 12.5 Å². The first kappa shape index (κ1) is 13.2. The van der Waals surface area contributed by atoms with Crippen molar-refractivity contribution in [3.05, 3.63) is 58.0 Å². The topological polar surface area (TPSA) is 25.2 Å². The largest absolute Gasteiger partial charge is 0.457 e. The van der Waals surface area contributed by atoms with Crippen LogP contribution >= 0.6 is 15.9 Å². The summed E-state index contributed by atoms with van der Waals surface area (Å²) in [5.41, 5.74) is 1.21. The number of halogens is 3. The summed E-state index contributed by atoms with van der Waals surface area (Å²) in [5.74, 6) is -0.844. The van der Waals surface area contributed by atoms with E-state index >= 15 is 0 Å². The highest BCUT2D eigenvalue weighted by molar-refractivity contribution is 9.10. The second kappa shape index (κ2) is 5.63. The normalized spacial score (nSPS) is 12.7. The molecule has 0 fully saturated rings. The van der Waals surface area contributed by atoms with Crippen LogP contribution < -0.4 is 5.32 Å². The van der Waals surface area contributed by atoms with Crippen LogP contribution in [0, 0.1) is 11.6 Å². The van der Waals surface area contributed by atoms with Crippen molar-refractivity contribution in [3.8, 4) is 0 Å². The molecule has 0 radical (unpaired) electrons. The quantitative estimate of drug-likeness (QED) is 0.927. The van der Waals surface area contributed by atoms with Crippen LogP contribution in [0.1, 0.15) is 17.2 Å². The Hall–Kier alpha value is -1.20. The molecule has 1 atom stereocenters. The number of likely N-dealkylation sites (N-methyl/N-ethyl adjacent to an activating group) is 1. The SMILES string of the molecule is CNC(Cc1cc(F)ccc1F)c1ccoc1Br. The number of nitrogens with one attached hydrogen (secondary N) is 1. The number of furan rings is 1. The van der Waals surface area contributed by atoms with Gasteiger partial charge in [0.05, 0.1) is 6.26 Å². The van der Waals surface area contributed by atoms with Crippen LogP contribution in [0.5, 0.6) is 0 Å². The molecule has 1 aromatic carbocycles. The molecule has 1 heterocycles. The maximum absolute atomic E-state index is 13.6. The molecule has 1 aromatic heterocycles. The Morgan fingerprint density at radius 3 is 2.72 bits per heavy atom. The van der Waals surface area contributed by atoms with Crippen molar-refractivity contribution in [1.29, 1.82) is 0 Å². The van der Waals surface area contributed by atoms with Gasteiger partial charge in [-0.25, -0.2) is 8.78 Å². The molecule has 5 heteroatoms. The first-order valence-corrected chi connectivity index (χ1v) is 6.25. The van der Waals surface area contributed by atoms with E-state index in [4.69, 9.17) is 4.42 Å². The first-order valence-electron chi connectivity index (χ1n) is 5.46. The van der Waals surface area contributed by atoms with Gasteiger partial charge in [-0.3, -0.25) is 0 Å². The smallest absolute Gasteiger partial charge is 0.173 e. The highest BCUT2D eigenvalue weighted by Crippen LogP contribution is 2.27. The molecule has 18 heavy (non-hydrogen) atoms. The van der Waals surface area contributed by atoms with Crippen molar-refractivity contribution in [2.75, 3.05) is 7.05 Å². The molecule has 2 nitrogen and oxygen atoms in total. The van der Waals surface area contributed by atoms with Crippen molar-refractivity contribution in [1.82, 2.24) is 5.32 Å². The van der Waals surface area contributed by atoms with E-state index in [2.05, 4.69) is 21.2 Å². The van der Waals surface area contributed by atoms with E-state index in [1.807, 2.05) is 0 Å². The Labute approximate surface area is 112 Å². The molecule has 0 aliphatic heterocycles. The van der Waals surface area contributed by atoms with E-state index in [0.717, 1.165) is 17.7 Å². The minimum Gasteiger partial charge on any atom is -0.457 e. The molecular weight excluding hydrogens is 304 g/mol. The monoisotopic (exact) mass is 315 g/mol. The zero-order chi connectivity index (χ0) is 13.1. The van der Waals surface area contributed by atoms with Crippen LogP contribution in [-0.2, 0) is 6.42 Å². The maximum atomic E-state index is 13.6. The lowest BCUT2D eigenvalue weighted by Gasteiger charge is -2.15. The lowest BCUT2D eigenvalue weighted by Crippen LogP contribution is -2.19. The van der Waals surface area contributed by atoms with Gasteiger partial charge in [0.2, 0.25) is 0 Å². The lowest BCUT2D eigenvalue weighted by atomic mass is 10.0. The van der Waals surface area contributed by atoms with Crippen molar-refractivity contribution >= 4 is 15.9 Å². The average Bonchev–Trinajstić information content (AvgIpc) is 2.77. The number of rotatable bonds is 4. The summed E-state index contributed by atoms with van der Waals surface area (Å²) in [7, 11) is 1.77. The first-order chi connectivity index (χ1) is 8.61. The molecule has 96 valence electrons. The molecule has 0 saturated carbocycles. The van der Waals surface area contributed by atoms with E-state index in [0.29, 0.717) is 16.7 Å². The summed E-state index contributed by atoms with van der Waals surface area (Å²) < 4.78 is 32.4. The highest BCUT2D eigenvalue weighted by Gasteiger charge is 2.17. The molecular formula is C13H12BrF2NO. The van der Waals surface area contributed by atoms with Crippen LogP contribution in [-0.4, -0.2) is 7.05 Å². The van der Waals surface area contributed by atoms with Gasteiger partial charge in [0.1, 0.15) is 11.6 Å². The van der Waals surface area contributed by atoms with Crippen LogP contribution in [0.3, 0.4) is 0 Å². The predicted octanol–water partition coefficient (Wildman–Crippen LogP) is 3.82. The minimum atomic E-state index is -0.437. The molecule has 0 aliphatic carbocycles. The molecule has 1 N–H and O–H groups in total. The van der Waals surface area contributed by atoms with E-state index in [1.54, 1.807) is 19.4 Å². The Morgan fingerprint density at radius 1 is 1.33 bits per heavy atom. The van der Waals surface area contributed by atoms with Crippen LogP contribution in [0.2, 0.25) is 0 Å².